The molecule has 1 aliphatic rings. The third kappa shape index (κ3) is 1.74. The SMILES string of the molecule is COc1ccc(C)cc1C1CC(O)C1C. The zero-order chi connectivity index (χ0) is 11.0. The Morgan fingerprint density at radius 2 is 2.13 bits per heavy atom. The topological polar surface area (TPSA) is 29.5 Å². The van der Waals surface area contributed by atoms with Crippen molar-refractivity contribution in [1.82, 2.24) is 0 Å². The molecule has 3 atom stereocenters. The minimum Gasteiger partial charge on any atom is -0.496 e. The molecule has 1 saturated carbocycles. The van der Waals surface area contributed by atoms with E-state index < -0.39 is 0 Å². The van der Waals surface area contributed by atoms with Crippen molar-refractivity contribution in [2.24, 2.45) is 5.92 Å². The smallest absolute Gasteiger partial charge is 0.122 e. The summed E-state index contributed by atoms with van der Waals surface area (Å²) in [6, 6.07) is 6.25. The lowest BCUT2D eigenvalue weighted by Gasteiger charge is -2.40. The first kappa shape index (κ1) is 10.5. The van der Waals surface area contributed by atoms with E-state index in [4.69, 9.17) is 4.74 Å². The fourth-order valence-corrected chi connectivity index (χ4v) is 2.32. The second-order valence-corrected chi connectivity index (χ2v) is 4.51. The van der Waals surface area contributed by atoms with E-state index in [0.717, 1.165) is 12.2 Å². The van der Waals surface area contributed by atoms with Gasteiger partial charge in [-0.2, -0.15) is 0 Å². The van der Waals surface area contributed by atoms with Gasteiger partial charge in [-0.1, -0.05) is 24.6 Å². The van der Waals surface area contributed by atoms with E-state index in [2.05, 4.69) is 26.0 Å². The van der Waals surface area contributed by atoms with Crippen molar-refractivity contribution in [3.63, 3.8) is 0 Å². The van der Waals surface area contributed by atoms with E-state index in [-0.39, 0.29) is 6.10 Å². The first-order valence-electron chi connectivity index (χ1n) is 5.46. The predicted octanol–water partition coefficient (Wildman–Crippen LogP) is 2.49. The van der Waals surface area contributed by atoms with Gasteiger partial charge in [0.05, 0.1) is 13.2 Å². The van der Waals surface area contributed by atoms with Gasteiger partial charge in [-0.05, 0) is 36.8 Å². The van der Waals surface area contributed by atoms with E-state index >= 15 is 0 Å². The Morgan fingerprint density at radius 1 is 1.40 bits per heavy atom. The minimum absolute atomic E-state index is 0.139. The van der Waals surface area contributed by atoms with E-state index in [1.165, 1.54) is 11.1 Å². The second kappa shape index (κ2) is 3.86. The molecule has 2 heteroatoms. The van der Waals surface area contributed by atoms with Crippen molar-refractivity contribution in [1.29, 1.82) is 0 Å². The highest BCUT2D eigenvalue weighted by molar-refractivity contribution is 5.41. The van der Waals surface area contributed by atoms with Gasteiger partial charge in [0.15, 0.2) is 0 Å². The summed E-state index contributed by atoms with van der Waals surface area (Å²) in [7, 11) is 1.70. The first-order chi connectivity index (χ1) is 7.13. The van der Waals surface area contributed by atoms with Crippen molar-refractivity contribution in [3.05, 3.63) is 29.3 Å². The molecule has 0 aromatic heterocycles. The van der Waals surface area contributed by atoms with Crippen LogP contribution in [-0.4, -0.2) is 18.3 Å². The molecule has 1 aromatic carbocycles. The van der Waals surface area contributed by atoms with Crippen LogP contribution in [0, 0.1) is 12.8 Å². The van der Waals surface area contributed by atoms with Crippen LogP contribution in [0.4, 0.5) is 0 Å². The summed E-state index contributed by atoms with van der Waals surface area (Å²) in [5.74, 6) is 1.75. The fraction of sp³-hybridized carbons (Fsp3) is 0.538. The Balaban J connectivity index is 2.30. The van der Waals surface area contributed by atoms with Gasteiger partial charge in [-0.15, -0.1) is 0 Å². The van der Waals surface area contributed by atoms with Gasteiger partial charge < -0.3 is 9.84 Å². The summed E-state index contributed by atoms with van der Waals surface area (Å²) >= 11 is 0. The van der Waals surface area contributed by atoms with E-state index in [0.29, 0.717) is 11.8 Å². The Morgan fingerprint density at radius 3 is 2.67 bits per heavy atom. The molecule has 1 fully saturated rings. The second-order valence-electron chi connectivity index (χ2n) is 4.51. The monoisotopic (exact) mass is 206 g/mol. The molecule has 0 heterocycles. The summed E-state index contributed by atoms with van der Waals surface area (Å²) in [4.78, 5) is 0. The van der Waals surface area contributed by atoms with Crippen molar-refractivity contribution in [2.45, 2.75) is 32.3 Å². The van der Waals surface area contributed by atoms with Crippen LogP contribution in [0.2, 0.25) is 0 Å². The number of hydrogen-bond donors (Lipinski definition) is 1. The Labute approximate surface area is 90.9 Å². The zero-order valence-electron chi connectivity index (χ0n) is 9.53. The number of aliphatic hydroxyl groups is 1. The van der Waals surface area contributed by atoms with Crippen molar-refractivity contribution in [2.75, 3.05) is 7.11 Å². The molecule has 82 valence electrons. The van der Waals surface area contributed by atoms with Gasteiger partial charge in [-0.25, -0.2) is 0 Å². The summed E-state index contributed by atoms with van der Waals surface area (Å²) in [6.07, 6.45) is 0.723. The molecular formula is C13H18O2. The number of ether oxygens (including phenoxy) is 1. The summed E-state index contributed by atoms with van der Waals surface area (Å²) < 4.78 is 5.36. The number of rotatable bonds is 2. The van der Waals surface area contributed by atoms with Crippen LogP contribution in [0.1, 0.15) is 30.4 Å². The standard InChI is InChI=1S/C13H18O2/c1-8-4-5-13(15-3)11(6-8)10-7-12(14)9(10)2/h4-6,9-10,12,14H,7H2,1-3H3. The summed E-state index contributed by atoms with van der Waals surface area (Å²) in [5.41, 5.74) is 2.50. The molecule has 0 radical (unpaired) electrons. The molecule has 2 rings (SSSR count). The van der Waals surface area contributed by atoms with Gasteiger partial charge in [0.1, 0.15) is 5.75 Å². The van der Waals surface area contributed by atoms with Crippen molar-refractivity contribution >= 4 is 0 Å². The molecule has 1 aromatic rings. The first-order valence-corrected chi connectivity index (χ1v) is 5.46. The fourth-order valence-electron chi connectivity index (χ4n) is 2.32. The predicted molar refractivity (Wildman–Crippen MR) is 60.3 cm³/mol. The van der Waals surface area contributed by atoms with Crippen LogP contribution < -0.4 is 4.74 Å². The molecule has 0 aliphatic heterocycles. The number of aliphatic hydroxyl groups excluding tert-OH is 1. The summed E-state index contributed by atoms with van der Waals surface area (Å²) in [5, 5.41) is 9.54. The maximum atomic E-state index is 9.54. The quantitative estimate of drug-likeness (QED) is 0.805. The lowest BCUT2D eigenvalue weighted by molar-refractivity contribution is 0.0110. The molecule has 0 saturated heterocycles. The van der Waals surface area contributed by atoms with Crippen molar-refractivity contribution in [3.8, 4) is 5.75 Å². The minimum atomic E-state index is -0.139. The average Bonchev–Trinajstić information content (AvgIpc) is 2.25. The van der Waals surface area contributed by atoms with Crippen LogP contribution in [0.25, 0.3) is 0 Å². The Hall–Kier alpha value is -1.02. The molecule has 2 nitrogen and oxygen atoms in total. The Kier molecular flexibility index (Phi) is 2.70. The number of aryl methyl sites for hydroxylation is 1. The highest BCUT2D eigenvalue weighted by Crippen LogP contribution is 2.45. The number of hydrogen-bond acceptors (Lipinski definition) is 2. The maximum Gasteiger partial charge on any atom is 0.122 e. The zero-order valence-corrected chi connectivity index (χ0v) is 9.53. The van der Waals surface area contributed by atoms with E-state index in [1.807, 2.05) is 6.07 Å². The van der Waals surface area contributed by atoms with E-state index in [9.17, 15) is 5.11 Å². The van der Waals surface area contributed by atoms with Crippen LogP contribution in [0.5, 0.6) is 5.75 Å². The lowest BCUT2D eigenvalue weighted by atomic mass is 9.68. The molecular weight excluding hydrogens is 188 g/mol. The third-order valence-corrected chi connectivity index (χ3v) is 3.52. The molecule has 1 aliphatic carbocycles. The van der Waals surface area contributed by atoms with Gasteiger partial charge in [0.2, 0.25) is 0 Å². The molecule has 1 N–H and O–H groups in total. The van der Waals surface area contributed by atoms with Gasteiger partial charge in [0.25, 0.3) is 0 Å². The molecule has 0 spiro atoms. The van der Waals surface area contributed by atoms with Gasteiger partial charge in [-0.3, -0.25) is 0 Å². The van der Waals surface area contributed by atoms with E-state index in [1.54, 1.807) is 7.11 Å². The van der Waals surface area contributed by atoms with Crippen molar-refractivity contribution < 1.29 is 9.84 Å². The van der Waals surface area contributed by atoms with Crippen LogP contribution in [-0.2, 0) is 0 Å². The van der Waals surface area contributed by atoms with Crippen LogP contribution in [0.3, 0.4) is 0 Å². The van der Waals surface area contributed by atoms with Crippen LogP contribution >= 0.6 is 0 Å². The Bertz CT molecular complexity index is 360. The van der Waals surface area contributed by atoms with Gasteiger partial charge in [0, 0.05) is 0 Å². The molecule has 0 amide bonds. The highest BCUT2D eigenvalue weighted by atomic mass is 16.5. The largest absolute Gasteiger partial charge is 0.496 e. The molecule has 3 unspecified atom stereocenters. The molecule has 0 bridgehead atoms. The maximum absolute atomic E-state index is 9.54. The highest BCUT2D eigenvalue weighted by Gasteiger charge is 2.38. The normalized spacial score (nSPS) is 29.7. The third-order valence-electron chi connectivity index (χ3n) is 3.52. The van der Waals surface area contributed by atoms with Gasteiger partial charge >= 0.3 is 0 Å². The van der Waals surface area contributed by atoms with Crippen LogP contribution in [0.15, 0.2) is 18.2 Å². The number of methoxy groups -OCH3 is 1. The average molecular weight is 206 g/mol. The lowest BCUT2D eigenvalue weighted by Crippen LogP contribution is -2.37. The molecule has 15 heavy (non-hydrogen) atoms. The number of benzene rings is 1. The summed E-state index contributed by atoms with van der Waals surface area (Å²) in [6.45, 7) is 4.18.